The Bertz CT molecular complexity index is 76.0. The highest BCUT2D eigenvalue weighted by Gasteiger charge is 2.03. The second-order valence-electron chi connectivity index (χ2n) is 2.82. The minimum absolute atomic E-state index is 0.888. The molecule has 0 fully saturated rings. The fourth-order valence-corrected chi connectivity index (χ4v) is 1.92. The number of rotatable bonds is 7. The van der Waals surface area contributed by atoms with Gasteiger partial charge in [-0.1, -0.05) is 20.3 Å². The summed E-state index contributed by atoms with van der Waals surface area (Å²) in [6.45, 7) is 5.68. The molecule has 0 aromatic carbocycles. The molecule has 68 valence electrons. The van der Waals surface area contributed by atoms with Crippen LogP contribution in [0.25, 0.3) is 0 Å². The van der Waals surface area contributed by atoms with Crippen molar-refractivity contribution >= 4 is 11.8 Å². The Morgan fingerprint density at radius 3 is 2.55 bits per heavy atom. The van der Waals surface area contributed by atoms with Gasteiger partial charge in [-0.25, -0.2) is 0 Å². The molecule has 1 atom stereocenters. The largest absolute Gasteiger partial charge is 0.319 e. The summed E-state index contributed by atoms with van der Waals surface area (Å²) < 4.78 is 0. The van der Waals surface area contributed by atoms with Crippen LogP contribution >= 0.6 is 11.8 Å². The van der Waals surface area contributed by atoms with Crippen LogP contribution in [0, 0.1) is 5.92 Å². The van der Waals surface area contributed by atoms with Gasteiger partial charge in [-0.3, -0.25) is 0 Å². The first kappa shape index (κ1) is 11.3. The standard InChI is InChI=1S/C9H21NS/c1-4-9(8-10-3)6-7-11-5-2/h9-10H,4-8H2,1-3H3. The molecule has 0 bridgehead atoms. The third-order valence-corrected chi connectivity index (χ3v) is 2.88. The van der Waals surface area contributed by atoms with E-state index in [9.17, 15) is 0 Å². The van der Waals surface area contributed by atoms with Crippen LogP contribution in [0.3, 0.4) is 0 Å². The van der Waals surface area contributed by atoms with Gasteiger partial charge in [0, 0.05) is 0 Å². The smallest absolute Gasteiger partial charge is 0.00233 e. The van der Waals surface area contributed by atoms with Gasteiger partial charge >= 0.3 is 0 Å². The van der Waals surface area contributed by atoms with Crippen molar-refractivity contribution in [2.75, 3.05) is 25.1 Å². The molecule has 0 saturated carbocycles. The predicted octanol–water partition coefficient (Wildman–Crippen LogP) is 2.38. The first-order valence-electron chi connectivity index (χ1n) is 4.57. The summed E-state index contributed by atoms with van der Waals surface area (Å²) in [4.78, 5) is 0. The monoisotopic (exact) mass is 175 g/mol. The van der Waals surface area contributed by atoms with Crippen LogP contribution in [0.2, 0.25) is 0 Å². The quantitative estimate of drug-likeness (QED) is 0.596. The van der Waals surface area contributed by atoms with Gasteiger partial charge in [-0.2, -0.15) is 11.8 Å². The SMILES string of the molecule is CCSCCC(CC)CNC. The Kier molecular flexibility index (Phi) is 8.64. The topological polar surface area (TPSA) is 12.0 Å². The third kappa shape index (κ3) is 6.70. The van der Waals surface area contributed by atoms with Gasteiger partial charge in [0.2, 0.25) is 0 Å². The van der Waals surface area contributed by atoms with Crippen LogP contribution in [0.1, 0.15) is 26.7 Å². The van der Waals surface area contributed by atoms with E-state index in [1.165, 1.54) is 30.9 Å². The second kappa shape index (κ2) is 8.41. The first-order chi connectivity index (χ1) is 5.35. The Morgan fingerprint density at radius 2 is 2.09 bits per heavy atom. The van der Waals surface area contributed by atoms with E-state index in [0.29, 0.717) is 0 Å². The highest BCUT2D eigenvalue weighted by Crippen LogP contribution is 2.11. The summed E-state index contributed by atoms with van der Waals surface area (Å²) in [7, 11) is 2.04. The van der Waals surface area contributed by atoms with Crippen LogP contribution in [-0.2, 0) is 0 Å². The minimum atomic E-state index is 0.888. The van der Waals surface area contributed by atoms with Crippen molar-refractivity contribution in [3.63, 3.8) is 0 Å². The van der Waals surface area contributed by atoms with Gasteiger partial charge < -0.3 is 5.32 Å². The first-order valence-corrected chi connectivity index (χ1v) is 5.72. The zero-order chi connectivity index (χ0) is 8.53. The lowest BCUT2D eigenvalue weighted by Gasteiger charge is -2.12. The van der Waals surface area contributed by atoms with Crippen LogP contribution in [0.4, 0.5) is 0 Å². The van der Waals surface area contributed by atoms with Crippen LogP contribution in [0.5, 0.6) is 0 Å². The zero-order valence-corrected chi connectivity index (χ0v) is 8.84. The lowest BCUT2D eigenvalue weighted by atomic mass is 10.0. The van der Waals surface area contributed by atoms with Crippen molar-refractivity contribution in [1.82, 2.24) is 5.32 Å². The van der Waals surface area contributed by atoms with Gasteiger partial charge in [-0.15, -0.1) is 0 Å². The summed E-state index contributed by atoms with van der Waals surface area (Å²) in [6, 6.07) is 0. The van der Waals surface area contributed by atoms with E-state index in [-0.39, 0.29) is 0 Å². The van der Waals surface area contributed by atoms with Gasteiger partial charge in [-0.05, 0) is 37.4 Å². The maximum absolute atomic E-state index is 3.24. The molecule has 0 aliphatic rings. The Labute approximate surface area is 75.3 Å². The zero-order valence-electron chi connectivity index (χ0n) is 8.02. The highest BCUT2D eigenvalue weighted by atomic mass is 32.2. The third-order valence-electron chi connectivity index (χ3n) is 1.94. The Hall–Kier alpha value is 0.310. The van der Waals surface area contributed by atoms with Gasteiger partial charge in [0.15, 0.2) is 0 Å². The fraction of sp³-hybridized carbons (Fsp3) is 1.00. The fourth-order valence-electron chi connectivity index (χ4n) is 1.13. The molecule has 0 aliphatic carbocycles. The molecule has 0 radical (unpaired) electrons. The van der Waals surface area contributed by atoms with E-state index in [2.05, 4.69) is 19.2 Å². The molecule has 0 aromatic rings. The summed E-state index contributed by atoms with van der Waals surface area (Å²) in [5.74, 6) is 3.48. The van der Waals surface area contributed by atoms with E-state index in [0.717, 1.165) is 5.92 Å². The average molecular weight is 175 g/mol. The maximum Gasteiger partial charge on any atom is -0.00233 e. The molecule has 1 N–H and O–H groups in total. The average Bonchev–Trinajstić information content (AvgIpc) is 2.03. The molecular formula is C9H21NS. The van der Waals surface area contributed by atoms with Crippen LogP contribution in [0.15, 0.2) is 0 Å². The number of thioether (sulfide) groups is 1. The molecule has 0 heterocycles. The summed E-state index contributed by atoms with van der Waals surface area (Å²) in [5, 5.41) is 3.24. The van der Waals surface area contributed by atoms with Crippen molar-refractivity contribution in [3.05, 3.63) is 0 Å². The molecule has 1 nitrogen and oxygen atoms in total. The number of hydrogen-bond donors (Lipinski definition) is 1. The molecule has 0 rings (SSSR count). The van der Waals surface area contributed by atoms with Crippen LogP contribution < -0.4 is 5.32 Å². The van der Waals surface area contributed by atoms with E-state index in [1.54, 1.807) is 0 Å². The highest BCUT2D eigenvalue weighted by molar-refractivity contribution is 7.99. The predicted molar refractivity (Wildman–Crippen MR) is 55.3 cm³/mol. The lowest BCUT2D eigenvalue weighted by molar-refractivity contribution is 0.473. The van der Waals surface area contributed by atoms with E-state index >= 15 is 0 Å². The van der Waals surface area contributed by atoms with Gasteiger partial charge in [0.1, 0.15) is 0 Å². The molecular weight excluding hydrogens is 154 g/mol. The van der Waals surface area contributed by atoms with Crippen molar-refractivity contribution < 1.29 is 0 Å². The summed E-state index contributed by atoms with van der Waals surface area (Å²) in [6.07, 6.45) is 2.68. The van der Waals surface area contributed by atoms with E-state index in [1.807, 2.05) is 18.8 Å². The van der Waals surface area contributed by atoms with Crippen molar-refractivity contribution in [2.24, 2.45) is 5.92 Å². The maximum atomic E-state index is 3.24. The van der Waals surface area contributed by atoms with E-state index in [4.69, 9.17) is 0 Å². The van der Waals surface area contributed by atoms with Crippen molar-refractivity contribution in [3.8, 4) is 0 Å². The van der Waals surface area contributed by atoms with Crippen LogP contribution in [-0.4, -0.2) is 25.1 Å². The van der Waals surface area contributed by atoms with Gasteiger partial charge in [0.25, 0.3) is 0 Å². The molecule has 1 unspecified atom stereocenters. The molecule has 0 aromatic heterocycles. The second-order valence-corrected chi connectivity index (χ2v) is 4.21. The van der Waals surface area contributed by atoms with E-state index < -0.39 is 0 Å². The molecule has 0 saturated heterocycles. The molecule has 0 amide bonds. The number of nitrogens with one attached hydrogen (secondary N) is 1. The van der Waals surface area contributed by atoms with Crippen molar-refractivity contribution in [2.45, 2.75) is 26.7 Å². The molecule has 11 heavy (non-hydrogen) atoms. The molecule has 0 aliphatic heterocycles. The Morgan fingerprint density at radius 1 is 1.36 bits per heavy atom. The normalized spacial score (nSPS) is 13.4. The van der Waals surface area contributed by atoms with Gasteiger partial charge in [0.05, 0.1) is 0 Å². The molecule has 2 heteroatoms. The number of hydrogen-bond acceptors (Lipinski definition) is 2. The molecule has 0 spiro atoms. The summed E-state index contributed by atoms with van der Waals surface area (Å²) >= 11 is 2.05. The van der Waals surface area contributed by atoms with Crippen molar-refractivity contribution in [1.29, 1.82) is 0 Å². The minimum Gasteiger partial charge on any atom is -0.319 e. The lowest BCUT2D eigenvalue weighted by Crippen LogP contribution is -2.18. The Balaban J connectivity index is 3.20. The summed E-state index contributed by atoms with van der Waals surface area (Å²) in [5.41, 5.74) is 0.